The van der Waals surface area contributed by atoms with Gasteiger partial charge in [-0.1, -0.05) is 13.8 Å². The first-order valence-electron chi connectivity index (χ1n) is 6.91. The van der Waals surface area contributed by atoms with Crippen molar-refractivity contribution in [3.63, 3.8) is 0 Å². The van der Waals surface area contributed by atoms with Crippen molar-refractivity contribution in [3.8, 4) is 0 Å². The highest BCUT2D eigenvalue weighted by atomic mass is 19.4. The molecule has 4 heteroatoms. The van der Waals surface area contributed by atoms with Gasteiger partial charge >= 0.3 is 6.18 Å². The zero-order chi connectivity index (χ0) is 13.3. The Morgan fingerprint density at radius 1 is 1.17 bits per heavy atom. The van der Waals surface area contributed by atoms with Crippen LogP contribution in [0.4, 0.5) is 13.2 Å². The van der Waals surface area contributed by atoms with Gasteiger partial charge in [0.2, 0.25) is 0 Å². The molecule has 0 aromatic carbocycles. The number of fused-ring (bicyclic) bond motifs is 1. The van der Waals surface area contributed by atoms with Gasteiger partial charge in [-0.3, -0.25) is 0 Å². The summed E-state index contributed by atoms with van der Waals surface area (Å²) in [5, 5.41) is 9.67. The highest BCUT2D eigenvalue weighted by molar-refractivity contribution is 5.48. The fraction of sp³-hybridized carbons (Fsp3) is 1.00. The maximum absolute atomic E-state index is 12.8. The summed E-state index contributed by atoms with van der Waals surface area (Å²) < 4.78 is 38.3. The highest BCUT2D eigenvalue weighted by Crippen LogP contribution is 3.06. The summed E-state index contributed by atoms with van der Waals surface area (Å²) in [5.41, 5.74) is -1.90. The molecule has 0 aromatic heterocycles. The lowest BCUT2D eigenvalue weighted by Gasteiger charge is -2.56. The summed E-state index contributed by atoms with van der Waals surface area (Å²) in [6, 6.07) is 0. The standard InChI is InChI=1S/C14H19F3O/c1-6-9-10-7(2)13(10)8(5-12(6,9)13)4-11(3,18)14(15,16)17/h6-10,18H,4-5H2,1-3H3. The molecule has 0 saturated heterocycles. The van der Waals surface area contributed by atoms with Crippen LogP contribution in [-0.4, -0.2) is 16.9 Å². The summed E-state index contributed by atoms with van der Waals surface area (Å²) in [6.07, 6.45) is -3.68. The molecule has 2 spiro atoms. The van der Waals surface area contributed by atoms with E-state index in [1.165, 1.54) is 0 Å². The Hall–Kier alpha value is -0.250. The molecule has 0 heterocycles. The Morgan fingerprint density at radius 3 is 2.28 bits per heavy atom. The third kappa shape index (κ3) is 0.793. The zero-order valence-corrected chi connectivity index (χ0v) is 10.9. The topological polar surface area (TPSA) is 20.2 Å². The monoisotopic (exact) mass is 260 g/mol. The minimum atomic E-state index is -4.50. The number of aliphatic hydroxyl groups is 1. The third-order valence-corrected chi connectivity index (χ3v) is 7.28. The van der Waals surface area contributed by atoms with E-state index in [0.29, 0.717) is 17.3 Å². The first-order chi connectivity index (χ1) is 8.12. The van der Waals surface area contributed by atoms with E-state index in [1.54, 1.807) is 0 Å². The molecule has 1 nitrogen and oxygen atoms in total. The molecule has 4 aliphatic carbocycles. The summed E-state index contributed by atoms with van der Waals surface area (Å²) in [6.45, 7) is 5.38. The van der Waals surface area contributed by atoms with Gasteiger partial charge in [0.15, 0.2) is 5.60 Å². The average molecular weight is 260 g/mol. The van der Waals surface area contributed by atoms with Crippen molar-refractivity contribution in [2.75, 3.05) is 0 Å². The predicted octanol–water partition coefficient (Wildman–Crippen LogP) is 3.23. The van der Waals surface area contributed by atoms with Gasteiger partial charge in [0.25, 0.3) is 0 Å². The number of rotatable bonds is 2. The first kappa shape index (κ1) is 11.6. The van der Waals surface area contributed by atoms with Crippen LogP contribution in [0, 0.1) is 40.4 Å². The van der Waals surface area contributed by atoms with Crippen LogP contribution in [0.3, 0.4) is 0 Å². The fourth-order valence-corrected chi connectivity index (χ4v) is 6.65. The molecule has 4 aliphatic rings. The molecular weight excluding hydrogens is 241 g/mol. The normalized spacial score (nSPS) is 62.5. The second-order valence-electron chi connectivity index (χ2n) is 7.48. The van der Waals surface area contributed by atoms with Gasteiger partial charge in [-0.2, -0.15) is 13.2 Å². The van der Waals surface area contributed by atoms with E-state index in [1.807, 2.05) is 0 Å². The quantitative estimate of drug-likeness (QED) is 0.808. The largest absolute Gasteiger partial charge is 0.416 e. The molecule has 0 bridgehead atoms. The van der Waals surface area contributed by atoms with E-state index < -0.39 is 11.8 Å². The second-order valence-corrected chi connectivity index (χ2v) is 7.48. The lowest BCUT2D eigenvalue weighted by Crippen LogP contribution is -2.55. The highest BCUT2D eigenvalue weighted by Gasteiger charge is 3.02. The first-order valence-corrected chi connectivity index (χ1v) is 6.91. The van der Waals surface area contributed by atoms with Crippen LogP contribution in [0.1, 0.15) is 33.6 Å². The molecule has 1 N–H and O–H groups in total. The van der Waals surface area contributed by atoms with Crippen LogP contribution in [0.2, 0.25) is 0 Å². The van der Waals surface area contributed by atoms with E-state index >= 15 is 0 Å². The van der Waals surface area contributed by atoms with Crippen LogP contribution in [0.15, 0.2) is 0 Å². The van der Waals surface area contributed by atoms with E-state index in [0.717, 1.165) is 25.2 Å². The van der Waals surface area contributed by atoms with Crippen molar-refractivity contribution in [3.05, 3.63) is 0 Å². The molecule has 0 aromatic rings. The molecular formula is C14H19F3O. The van der Waals surface area contributed by atoms with Crippen molar-refractivity contribution in [2.45, 2.75) is 45.4 Å². The zero-order valence-electron chi connectivity index (χ0n) is 10.9. The van der Waals surface area contributed by atoms with E-state index in [2.05, 4.69) is 13.8 Å². The maximum Gasteiger partial charge on any atom is 0.416 e. The summed E-state index contributed by atoms with van der Waals surface area (Å²) >= 11 is 0. The molecule has 0 amide bonds. The number of halogens is 3. The molecule has 0 aliphatic heterocycles. The Balaban J connectivity index is 1.54. The molecule has 4 rings (SSSR count). The van der Waals surface area contributed by atoms with Gasteiger partial charge in [0.1, 0.15) is 0 Å². The van der Waals surface area contributed by atoms with Gasteiger partial charge < -0.3 is 5.11 Å². The third-order valence-electron chi connectivity index (χ3n) is 7.28. The minimum Gasteiger partial charge on any atom is -0.381 e. The minimum absolute atomic E-state index is 0.0929. The van der Waals surface area contributed by atoms with Crippen molar-refractivity contribution < 1.29 is 18.3 Å². The molecule has 4 fully saturated rings. The molecule has 18 heavy (non-hydrogen) atoms. The number of alkyl halides is 3. The molecule has 4 saturated carbocycles. The summed E-state index contributed by atoms with van der Waals surface area (Å²) in [4.78, 5) is 0. The summed E-state index contributed by atoms with van der Waals surface area (Å²) in [5.74, 6) is 2.90. The van der Waals surface area contributed by atoms with Crippen molar-refractivity contribution in [1.29, 1.82) is 0 Å². The SMILES string of the molecule is CC1C2C3C(C)C34C(CC(C)(O)C(F)(F)F)CC124. The molecule has 8 unspecified atom stereocenters. The van der Waals surface area contributed by atoms with Crippen LogP contribution in [0.5, 0.6) is 0 Å². The van der Waals surface area contributed by atoms with Crippen molar-refractivity contribution >= 4 is 0 Å². The Kier molecular flexibility index (Phi) is 1.61. The van der Waals surface area contributed by atoms with Crippen LogP contribution >= 0.6 is 0 Å². The molecule has 102 valence electrons. The van der Waals surface area contributed by atoms with E-state index in [-0.39, 0.29) is 17.8 Å². The van der Waals surface area contributed by atoms with Gasteiger partial charge in [-0.05, 0) is 60.2 Å². The van der Waals surface area contributed by atoms with Crippen LogP contribution < -0.4 is 0 Å². The van der Waals surface area contributed by atoms with Gasteiger partial charge in [0.05, 0.1) is 0 Å². The fourth-order valence-electron chi connectivity index (χ4n) is 6.65. The molecule has 0 radical (unpaired) electrons. The van der Waals surface area contributed by atoms with Crippen LogP contribution in [0.25, 0.3) is 0 Å². The smallest absolute Gasteiger partial charge is 0.381 e. The number of hydrogen-bond acceptors (Lipinski definition) is 1. The number of hydrogen-bond donors (Lipinski definition) is 1. The summed E-state index contributed by atoms with van der Waals surface area (Å²) in [7, 11) is 0. The molecule has 8 atom stereocenters. The van der Waals surface area contributed by atoms with Crippen molar-refractivity contribution in [2.24, 2.45) is 40.4 Å². The Bertz CT molecular complexity index is 443. The lowest BCUT2D eigenvalue weighted by atomic mass is 9.48. The Labute approximate surface area is 105 Å². The van der Waals surface area contributed by atoms with Crippen LogP contribution in [-0.2, 0) is 0 Å². The van der Waals surface area contributed by atoms with E-state index in [9.17, 15) is 18.3 Å². The van der Waals surface area contributed by atoms with E-state index in [4.69, 9.17) is 0 Å². The van der Waals surface area contributed by atoms with Gasteiger partial charge in [0, 0.05) is 0 Å². The van der Waals surface area contributed by atoms with Crippen molar-refractivity contribution in [1.82, 2.24) is 0 Å². The van der Waals surface area contributed by atoms with Gasteiger partial charge in [-0.15, -0.1) is 0 Å². The van der Waals surface area contributed by atoms with Gasteiger partial charge in [-0.25, -0.2) is 0 Å². The maximum atomic E-state index is 12.8. The average Bonchev–Trinajstić information content (AvgIpc) is 2.95. The lowest BCUT2D eigenvalue weighted by molar-refractivity contribution is -0.269. The second kappa shape index (κ2) is 2.50. The Morgan fingerprint density at radius 2 is 1.78 bits per heavy atom. The predicted molar refractivity (Wildman–Crippen MR) is 59.6 cm³/mol.